The molecule has 3 aromatic rings. The Kier molecular flexibility index (Phi) is 9.12. The second-order valence-corrected chi connectivity index (χ2v) is 10.2. The van der Waals surface area contributed by atoms with Gasteiger partial charge in [-0.1, -0.05) is 23.7 Å². The number of fused-ring (bicyclic) bond motifs is 1. The topological polar surface area (TPSA) is 47.6 Å². The average molecular weight is 518 g/mol. The van der Waals surface area contributed by atoms with Crippen LogP contribution in [0.4, 0.5) is 0 Å². The number of hydrogen-bond acceptors (Lipinski definition) is 4. The van der Waals surface area contributed by atoms with Crippen LogP contribution >= 0.6 is 23.4 Å². The van der Waals surface area contributed by atoms with Gasteiger partial charge in [0, 0.05) is 22.6 Å². The first-order chi connectivity index (χ1) is 16.6. The second kappa shape index (κ2) is 12.1. The summed E-state index contributed by atoms with van der Waals surface area (Å²) in [5.41, 5.74) is 3.10. The van der Waals surface area contributed by atoms with Gasteiger partial charge in [-0.25, -0.2) is 0 Å². The molecule has 2 unspecified atom stereocenters. The van der Waals surface area contributed by atoms with Crippen molar-refractivity contribution < 1.29 is 45.3 Å². The fourth-order valence-corrected chi connectivity index (χ4v) is 5.42. The van der Waals surface area contributed by atoms with Crippen molar-refractivity contribution >= 4 is 29.3 Å². The Hall–Kier alpha value is -1.63. The summed E-state index contributed by atoms with van der Waals surface area (Å²) in [6, 6.07) is 20.0. The number of ether oxygens (including phenoxy) is 2. The van der Waals surface area contributed by atoms with E-state index in [0.29, 0.717) is 34.6 Å². The maximum atomic E-state index is 12.8. The van der Waals surface area contributed by atoms with Gasteiger partial charge < -0.3 is 16.2 Å². The van der Waals surface area contributed by atoms with Crippen molar-refractivity contribution in [1.82, 2.24) is 5.32 Å². The van der Waals surface area contributed by atoms with Crippen molar-refractivity contribution in [3.63, 3.8) is 0 Å². The van der Waals surface area contributed by atoms with E-state index in [9.17, 15) is 4.79 Å². The summed E-state index contributed by atoms with van der Waals surface area (Å²) >= 11 is 8.17. The Morgan fingerprint density at radius 1 is 1.11 bits per heavy atom. The van der Waals surface area contributed by atoms with Gasteiger partial charge in [0.2, 0.25) is 0 Å². The fraction of sp³-hybridized carbons (Fsp3) is 0.321. The molecule has 0 saturated heterocycles. The number of aryl methyl sites for hydroxylation is 1. The van der Waals surface area contributed by atoms with E-state index in [2.05, 4.69) is 35.8 Å². The summed E-state index contributed by atoms with van der Waals surface area (Å²) in [4.78, 5) is 14.1. The van der Waals surface area contributed by atoms with Crippen molar-refractivity contribution in [2.24, 2.45) is 0 Å². The molecule has 4 nitrogen and oxygen atoms in total. The average Bonchev–Trinajstić information content (AvgIpc) is 3.33. The Morgan fingerprint density at radius 2 is 1.89 bits per heavy atom. The quantitative estimate of drug-likeness (QED) is 0.390. The molecule has 1 fully saturated rings. The van der Waals surface area contributed by atoms with Crippen molar-refractivity contribution in [3.8, 4) is 17.2 Å². The molecule has 178 valence electrons. The first-order valence-electron chi connectivity index (χ1n) is 11.8. The van der Waals surface area contributed by atoms with E-state index in [-0.39, 0.29) is 42.9 Å². The van der Waals surface area contributed by atoms with Crippen LogP contribution in [0.3, 0.4) is 0 Å². The maximum absolute atomic E-state index is 12.8. The van der Waals surface area contributed by atoms with Crippen LogP contribution in [0.1, 0.15) is 54.5 Å². The van der Waals surface area contributed by atoms with Gasteiger partial charge in [-0.15, -0.1) is 11.8 Å². The second-order valence-electron chi connectivity index (χ2n) is 8.92. The van der Waals surface area contributed by atoms with Gasteiger partial charge in [-0.2, -0.15) is 0 Å². The van der Waals surface area contributed by atoms with Gasteiger partial charge in [0.1, 0.15) is 17.2 Å². The van der Waals surface area contributed by atoms with E-state index >= 15 is 0 Å². The van der Waals surface area contributed by atoms with E-state index in [1.807, 2.05) is 12.1 Å². The Bertz CT molecular complexity index is 1180. The normalized spacial score (nSPS) is 18.7. The summed E-state index contributed by atoms with van der Waals surface area (Å²) in [7, 11) is 0. The number of hydrogen-bond donors (Lipinski definition) is 1. The number of nitrogens with one attached hydrogen (secondary N) is 1. The van der Waals surface area contributed by atoms with Crippen molar-refractivity contribution in [3.05, 3.63) is 82.4 Å². The third kappa shape index (κ3) is 6.39. The number of halogens is 1. The van der Waals surface area contributed by atoms with Gasteiger partial charge in [-0.05, 0) is 97.9 Å². The monoisotopic (exact) mass is 517 g/mol. The van der Waals surface area contributed by atoms with Crippen LogP contribution in [-0.2, 0) is 6.42 Å². The SMILES string of the molecule is CSc1ccc(C2CCC(NC(=O)c3ccc(Oc4cc5c(cc4Cl)CCCO5)cc3)C2)cc1.[H-].[Na+]. The molecule has 1 aliphatic heterocycles. The third-order valence-corrected chi connectivity index (χ3v) is 7.70. The zero-order chi connectivity index (χ0) is 23.5. The van der Waals surface area contributed by atoms with Crippen LogP contribution in [0.5, 0.6) is 17.2 Å². The van der Waals surface area contributed by atoms with Gasteiger partial charge in [0.05, 0.1) is 11.6 Å². The predicted octanol–water partition coefficient (Wildman–Crippen LogP) is 4.36. The minimum absolute atomic E-state index is 0. The molecule has 0 radical (unpaired) electrons. The third-order valence-electron chi connectivity index (χ3n) is 6.66. The zero-order valence-electron chi connectivity index (χ0n) is 21.2. The number of benzene rings is 3. The summed E-state index contributed by atoms with van der Waals surface area (Å²) in [6.45, 7) is 0.712. The molecule has 1 N–H and O–H groups in total. The van der Waals surface area contributed by atoms with Gasteiger partial charge in [0.25, 0.3) is 5.91 Å². The van der Waals surface area contributed by atoms with E-state index < -0.39 is 0 Å². The van der Waals surface area contributed by atoms with E-state index in [4.69, 9.17) is 21.1 Å². The number of thioether (sulfide) groups is 1. The van der Waals surface area contributed by atoms with Crippen LogP contribution in [0.15, 0.2) is 65.6 Å². The molecule has 1 amide bonds. The molecule has 3 aromatic carbocycles. The number of rotatable bonds is 6. The molecule has 1 heterocycles. The Morgan fingerprint density at radius 3 is 2.63 bits per heavy atom. The van der Waals surface area contributed by atoms with E-state index in [1.54, 1.807) is 36.0 Å². The Balaban J connectivity index is 0.00000180. The maximum Gasteiger partial charge on any atom is 1.00 e. The van der Waals surface area contributed by atoms with Crippen LogP contribution < -0.4 is 44.3 Å². The van der Waals surface area contributed by atoms with E-state index in [1.165, 1.54) is 10.5 Å². The standard InChI is InChI=1S/C28H28ClNO3S.Na.H/c1-34-24-12-7-18(8-13-24)20-4-9-22(15-20)30-28(31)19-5-10-23(11-6-19)33-27-17-26-21(16-25(27)29)3-2-14-32-26;;/h5-8,10-13,16-17,20,22H,2-4,9,14-15H2,1H3,(H,30,31);;/q;+1;-1. The smallest absolute Gasteiger partial charge is 1.00 e. The largest absolute Gasteiger partial charge is 1.00 e. The summed E-state index contributed by atoms with van der Waals surface area (Å²) in [5.74, 6) is 2.47. The molecule has 2 aliphatic rings. The molecule has 7 heteroatoms. The fourth-order valence-electron chi connectivity index (χ4n) is 4.79. The molecule has 1 saturated carbocycles. The van der Waals surface area contributed by atoms with Crippen molar-refractivity contribution in [2.45, 2.75) is 49.0 Å². The van der Waals surface area contributed by atoms with Crippen LogP contribution in [0.25, 0.3) is 0 Å². The number of amides is 1. The number of carbonyl (C=O) groups is 1. The van der Waals surface area contributed by atoms with Gasteiger partial charge in [0.15, 0.2) is 0 Å². The first-order valence-corrected chi connectivity index (χ1v) is 13.4. The molecule has 0 aromatic heterocycles. The molecule has 0 bridgehead atoms. The van der Waals surface area contributed by atoms with Crippen molar-refractivity contribution in [1.29, 1.82) is 0 Å². The van der Waals surface area contributed by atoms with Crippen LogP contribution in [-0.4, -0.2) is 24.8 Å². The molecule has 5 rings (SSSR count). The van der Waals surface area contributed by atoms with E-state index in [0.717, 1.165) is 43.4 Å². The molecule has 35 heavy (non-hydrogen) atoms. The minimum atomic E-state index is -0.0462. The Labute approximate surface area is 239 Å². The summed E-state index contributed by atoms with van der Waals surface area (Å²) in [5, 5.41) is 3.77. The molecular weight excluding hydrogens is 489 g/mol. The van der Waals surface area contributed by atoms with Gasteiger partial charge >= 0.3 is 29.6 Å². The first kappa shape index (κ1) is 26.4. The molecular formula is C28H29ClNNaO3S. The van der Waals surface area contributed by atoms with Crippen molar-refractivity contribution in [2.75, 3.05) is 12.9 Å². The summed E-state index contributed by atoms with van der Waals surface area (Å²) in [6.07, 6.45) is 7.13. The number of carbonyl (C=O) groups excluding carboxylic acids is 1. The zero-order valence-corrected chi connectivity index (χ0v) is 23.8. The summed E-state index contributed by atoms with van der Waals surface area (Å²) < 4.78 is 11.7. The van der Waals surface area contributed by atoms with Crippen LogP contribution in [0, 0.1) is 0 Å². The predicted molar refractivity (Wildman–Crippen MR) is 139 cm³/mol. The van der Waals surface area contributed by atoms with Crippen LogP contribution in [0.2, 0.25) is 5.02 Å². The molecule has 2 atom stereocenters. The molecule has 0 spiro atoms. The van der Waals surface area contributed by atoms with Gasteiger partial charge in [-0.3, -0.25) is 4.79 Å². The molecule has 1 aliphatic carbocycles. The minimum Gasteiger partial charge on any atom is -1.00 e.